The monoisotopic (exact) mass is 300 g/mol. The number of methoxy groups -OCH3 is 1. The highest BCUT2D eigenvalue weighted by atomic mass is 16.5. The summed E-state index contributed by atoms with van der Waals surface area (Å²) in [6.45, 7) is 4.10. The van der Waals surface area contributed by atoms with Crippen molar-refractivity contribution in [3.05, 3.63) is 40.3 Å². The number of carbonyl (C=O) groups excluding carboxylic acids is 1. The van der Waals surface area contributed by atoms with Gasteiger partial charge >= 0.3 is 0 Å². The molecule has 22 heavy (non-hydrogen) atoms. The maximum absolute atomic E-state index is 12.7. The van der Waals surface area contributed by atoms with Crippen LogP contribution in [-0.2, 0) is 6.54 Å². The molecule has 0 radical (unpaired) electrons. The summed E-state index contributed by atoms with van der Waals surface area (Å²) in [7, 11) is 1.59. The van der Waals surface area contributed by atoms with E-state index in [1.807, 2.05) is 13.0 Å². The highest BCUT2D eigenvalue weighted by molar-refractivity contribution is 5.97. The van der Waals surface area contributed by atoms with E-state index in [1.54, 1.807) is 34.8 Å². The lowest BCUT2D eigenvalue weighted by Gasteiger charge is -2.31. The predicted molar refractivity (Wildman–Crippen MR) is 85.6 cm³/mol. The Hall–Kier alpha value is -2.30. The van der Waals surface area contributed by atoms with Crippen LogP contribution in [0.4, 0.5) is 0 Å². The fraction of sp³-hybridized carbons (Fsp3) is 0.412. The molecule has 0 spiro atoms. The van der Waals surface area contributed by atoms with Crippen molar-refractivity contribution < 1.29 is 9.53 Å². The molecule has 0 aliphatic carbocycles. The van der Waals surface area contributed by atoms with Crippen molar-refractivity contribution in [3.63, 3.8) is 0 Å². The van der Waals surface area contributed by atoms with Crippen LogP contribution in [0.5, 0.6) is 5.75 Å². The number of amides is 1. The molecule has 1 amide bonds. The topological polar surface area (TPSA) is 51.5 Å². The van der Waals surface area contributed by atoms with E-state index in [0.717, 1.165) is 31.3 Å². The van der Waals surface area contributed by atoms with Gasteiger partial charge in [-0.2, -0.15) is 0 Å². The maximum atomic E-state index is 12.7. The second kappa shape index (κ2) is 5.83. The van der Waals surface area contributed by atoms with Crippen LogP contribution in [0.15, 0.2) is 29.1 Å². The average Bonchev–Trinajstić information content (AvgIpc) is 2.47. The van der Waals surface area contributed by atoms with E-state index in [-0.39, 0.29) is 11.5 Å². The zero-order chi connectivity index (χ0) is 15.7. The molecule has 1 aliphatic rings. The molecular formula is C17H20N2O3. The fourth-order valence-electron chi connectivity index (χ4n) is 2.77. The minimum Gasteiger partial charge on any atom is -0.497 e. The Morgan fingerprint density at radius 2 is 2.05 bits per heavy atom. The summed E-state index contributed by atoms with van der Waals surface area (Å²) in [6.07, 6.45) is 1.84. The van der Waals surface area contributed by atoms with Gasteiger partial charge in [-0.3, -0.25) is 9.59 Å². The van der Waals surface area contributed by atoms with Gasteiger partial charge in [0.25, 0.3) is 11.5 Å². The first-order valence-corrected chi connectivity index (χ1v) is 7.66. The van der Waals surface area contributed by atoms with Crippen LogP contribution in [-0.4, -0.2) is 35.6 Å². The first-order valence-electron chi connectivity index (χ1n) is 7.66. The average molecular weight is 300 g/mol. The summed E-state index contributed by atoms with van der Waals surface area (Å²) >= 11 is 0. The molecule has 0 unspecified atom stereocenters. The highest BCUT2D eigenvalue weighted by Gasteiger charge is 2.25. The largest absolute Gasteiger partial charge is 0.497 e. The van der Waals surface area contributed by atoms with E-state index >= 15 is 0 Å². The number of pyridine rings is 1. The number of likely N-dealkylation sites (tertiary alicyclic amines) is 1. The van der Waals surface area contributed by atoms with Crippen molar-refractivity contribution in [1.29, 1.82) is 0 Å². The Morgan fingerprint density at radius 3 is 2.64 bits per heavy atom. The van der Waals surface area contributed by atoms with Gasteiger partial charge in [-0.1, -0.05) is 6.92 Å². The zero-order valence-electron chi connectivity index (χ0n) is 13.0. The number of benzene rings is 1. The molecule has 0 bridgehead atoms. The zero-order valence-corrected chi connectivity index (χ0v) is 13.0. The van der Waals surface area contributed by atoms with Crippen LogP contribution in [0.2, 0.25) is 0 Å². The highest BCUT2D eigenvalue weighted by Crippen LogP contribution is 2.21. The van der Waals surface area contributed by atoms with Crippen LogP contribution < -0.4 is 10.3 Å². The first kappa shape index (κ1) is 14.6. The van der Waals surface area contributed by atoms with Crippen molar-refractivity contribution in [2.24, 2.45) is 0 Å². The van der Waals surface area contributed by atoms with E-state index in [0.29, 0.717) is 23.4 Å². The van der Waals surface area contributed by atoms with Crippen molar-refractivity contribution in [3.8, 4) is 5.75 Å². The van der Waals surface area contributed by atoms with Crippen molar-refractivity contribution in [1.82, 2.24) is 9.47 Å². The normalized spacial score (nSPS) is 14.0. The Bertz CT molecular complexity index is 775. The van der Waals surface area contributed by atoms with Crippen LogP contribution >= 0.6 is 0 Å². The smallest absolute Gasteiger partial charge is 0.270 e. The minimum absolute atomic E-state index is 0.0541. The standard InChI is InChI=1S/C17H20N2O3/c1-3-7-19-15(17(21)18-8-4-9-18)11-12-10-13(22-2)5-6-14(12)16(19)20/h5-6,10-11H,3-4,7-9H2,1-2H3. The van der Waals surface area contributed by atoms with E-state index in [4.69, 9.17) is 4.74 Å². The third-order valence-electron chi connectivity index (χ3n) is 4.13. The van der Waals surface area contributed by atoms with Gasteiger partial charge in [0.2, 0.25) is 0 Å². The minimum atomic E-state index is -0.106. The second-order valence-corrected chi connectivity index (χ2v) is 5.59. The molecule has 0 N–H and O–H groups in total. The SMILES string of the molecule is CCCn1c(C(=O)N2CCC2)cc2cc(OC)ccc2c1=O. The predicted octanol–water partition coefficient (Wildman–Crippen LogP) is 2.27. The Morgan fingerprint density at radius 1 is 1.27 bits per heavy atom. The third-order valence-corrected chi connectivity index (χ3v) is 4.13. The number of nitrogens with zero attached hydrogens (tertiary/aromatic N) is 2. The molecule has 1 aromatic heterocycles. The third kappa shape index (κ3) is 2.36. The number of fused-ring (bicyclic) bond motifs is 1. The number of carbonyl (C=O) groups is 1. The van der Waals surface area contributed by atoms with Crippen molar-refractivity contribution in [2.45, 2.75) is 26.3 Å². The van der Waals surface area contributed by atoms with E-state index < -0.39 is 0 Å². The van der Waals surface area contributed by atoms with Crippen LogP contribution in [0.25, 0.3) is 10.8 Å². The van der Waals surface area contributed by atoms with Crippen molar-refractivity contribution in [2.75, 3.05) is 20.2 Å². The van der Waals surface area contributed by atoms with Gasteiger partial charge in [0.15, 0.2) is 0 Å². The molecule has 1 fully saturated rings. The lowest BCUT2D eigenvalue weighted by molar-refractivity contribution is 0.0639. The summed E-state index contributed by atoms with van der Waals surface area (Å²) in [5, 5.41) is 1.37. The van der Waals surface area contributed by atoms with E-state index in [9.17, 15) is 9.59 Å². The summed E-state index contributed by atoms with van der Waals surface area (Å²) in [5.41, 5.74) is 0.373. The quantitative estimate of drug-likeness (QED) is 0.870. The van der Waals surface area contributed by atoms with Crippen LogP contribution in [0, 0.1) is 0 Å². The van der Waals surface area contributed by atoms with Gasteiger partial charge in [0.05, 0.1) is 7.11 Å². The number of aromatic nitrogens is 1. The molecule has 2 heterocycles. The Kier molecular flexibility index (Phi) is 3.88. The molecule has 1 saturated heterocycles. The van der Waals surface area contributed by atoms with Crippen LogP contribution in [0.1, 0.15) is 30.3 Å². The van der Waals surface area contributed by atoms with Gasteiger partial charge in [-0.25, -0.2) is 0 Å². The summed E-state index contributed by atoms with van der Waals surface area (Å²) < 4.78 is 6.82. The molecule has 5 nitrogen and oxygen atoms in total. The second-order valence-electron chi connectivity index (χ2n) is 5.59. The number of hydrogen-bond acceptors (Lipinski definition) is 3. The summed E-state index contributed by atoms with van der Waals surface area (Å²) in [6, 6.07) is 7.16. The molecule has 5 heteroatoms. The van der Waals surface area contributed by atoms with E-state index in [1.165, 1.54) is 0 Å². The number of ether oxygens (including phenoxy) is 1. The molecule has 1 aromatic carbocycles. The molecule has 1 aliphatic heterocycles. The number of rotatable bonds is 4. The van der Waals surface area contributed by atoms with Crippen LogP contribution in [0.3, 0.4) is 0 Å². The first-order chi connectivity index (χ1) is 10.7. The molecular weight excluding hydrogens is 280 g/mol. The lowest BCUT2D eigenvalue weighted by Crippen LogP contribution is -2.44. The molecule has 2 aromatic rings. The van der Waals surface area contributed by atoms with E-state index in [2.05, 4.69) is 0 Å². The molecule has 0 saturated carbocycles. The summed E-state index contributed by atoms with van der Waals surface area (Å²) in [4.78, 5) is 27.1. The summed E-state index contributed by atoms with van der Waals surface area (Å²) in [5.74, 6) is 0.629. The van der Waals surface area contributed by atoms with Gasteiger partial charge in [0.1, 0.15) is 11.4 Å². The Balaban J connectivity index is 2.20. The molecule has 0 atom stereocenters. The lowest BCUT2D eigenvalue weighted by atomic mass is 10.1. The molecule has 3 rings (SSSR count). The fourth-order valence-corrected chi connectivity index (χ4v) is 2.77. The van der Waals surface area contributed by atoms with Gasteiger partial charge in [-0.15, -0.1) is 0 Å². The van der Waals surface area contributed by atoms with Gasteiger partial charge in [0, 0.05) is 25.0 Å². The van der Waals surface area contributed by atoms with Gasteiger partial charge in [-0.05, 0) is 42.5 Å². The Labute approximate surface area is 129 Å². The van der Waals surface area contributed by atoms with Crippen molar-refractivity contribution >= 4 is 16.7 Å². The molecule has 116 valence electrons. The maximum Gasteiger partial charge on any atom is 0.270 e. The van der Waals surface area contributed by atoms with Gasteiger partial charge < -0.3 is 14.2 Å². The number of hydrogen-bond donors (Lipinski definition) is 0.